The molecule has 6 heteroatoms. The Balaban J connectivity index is 3.17. The monoisotopic (exact) mass is 407 g/mol. The lowest BCUT2D eigenvalue weighted by atomic mass is 10.0. The molecule has 1 atom stereocenters. The van der Waals surface area contributed by atoms with Crippen LogP contribution < -0.4 is 5.73 Å². The van der Waals surface area contributed by atoms with E-state index < -0.39 is 7.82 Å². The fourth-order valence-corrected chi connectivity index (χ4v) is 3.92. The van der Waals surface area contributed by atoms with Gasteiger partial charge in [-0.1, -0.05) is 103 Å². The quantitative estimate of drug-likeness (QED) is 0.154. The molecule has 0 aromatic rings. The molecule has 0 aliphatic heterocycles. The zero-order chi connectivity index (χ0) is 20.1. The van der Waals surface area contributed by atoms with E-state index >= 15 is 0 Å². The van der Waals surface area contributed by atoms with E-state index in [1.54, 1.807) is 0 Å². The molecule has 1 unspecified atom stereocenters. The third kappa shape index (κ3) is 22.2. The van der Waals surface area contributed by atoms with Gasteiger partial charge in [0.25, 0.3) is 0 Å². The van der Waals surface area contributed by atoms with E-state index in [-0.39, 0.29) is 13.2 Å². The van der Waals surface area contributed by atoms with Crippen molar-refractivity contribution in [3.05, 3.63) is 0 Å². The predicted octanol–water partition coefficient (Wildman–Crippen LogP) is 6.73. The van der Waals surface area contributed by atoms with Crippen molar-refractivity contribution in [2.24, 2.45) is 5.73 Å². The maximum atomic E-state index is 11.5. The first-order valence-electron chi connectivity index (χ1n) is 11.4. The Morgan fingerprint density at radius 1 is 0.630 bits per heavy atom. The van der Waals surface area contributed by atoms with Crippen LogP contribution in [-0.2, 0) is 13.6 Å². The minimum atomic E-state index is -3.87. The highest BCUT2D eigenvalue weighted by Crippen LogP contribution is 2.43. The first-order chi connectivity index (χ1) is 13.1. The summed E-state index contributed by atoms with van der Waals surface area (Å²) in [5.41, 5.74) is 5.31. The van der Waals surface area contributed by atoms with Gasteiger partial charge in [0.15, 0.2) is 0 Å². The fourth-order valence-electron chi connectivity index (χ4n) is 3.13. The molecule has 5 nitrogen and oxygen atoms in total. The Labute approximate surface area is 168 Å². The van der Waals surface area contributed by atoms with Crippen molar-refractivity contribution in [3.63, 3.8) is 0 Å². The summed E-state index contributed by atoms with van der Waals surface area (Å²) in [6.45, 7) is 3.17. The average Bonchev–Trinajstić information content (AvgIpc) is 2.64. The fraction of sp³-hybridized carbons (Fsp3) is 1.00. The molecule has 0 aliphatic carbocycles. The lowest BCUT2D eigenvalue weighted by Gasteiger charge is -2.11. The summed E-state index contributed by atoms with van der Waals surface area (Å²) in [5.74, 6) is 0. The number of hydrogen-bond donors (Lipinski definition) is 2. The largest absolute Gasteiger partial charge is 0.472 e. The molecule has 0 saturated carbocycles. The van der Waals surface area contributed by atoms with Crippen LogP contribution in [0.1, 0.15) is 116 Å². The van der Waals surface area contributed by atoms with E-state index in [9.17, 15) is 9.46 Å². The van der Waals surface area contributed by atoms with Crippen molar-refractivity contribution in [1.29, 1.82) is 0 Å². The highest BCUT2D eigenvalue weighted by atomic mass is 31.2. The van der Waals surface area contributed by atoms with E-state index in [1.807, 2.05) is 0 Å². The van der Waals surface area contributed by atoms with Crippen molar-refractivity contribution in [2.75, 3.05) is 19.8 Å². The van der Waals surface area contributed by atoms with Gasteiger partial charge in [0.2, 0.25) is 0 Å². The van der Waals surface area contributed by atoms with Crippen molar-refractivity contribution in [3.8, 4) is 0 Å². The highest BCUT2D eigenvalue weighted by Gasteiger charge is 2.19. The van der Waals surface area contributed by atoms with Gasteiger partial charge >= 0.3 is 7.82 Å². The minimum absolute atomic E-state index is 0.170. The number of phosphoric acid groups is 1. The van der Waals surface area contributed by atoms with E-state index in [2.05, 4.69) is 6.92 Å². The number of rotatable bonds is 22. The van der Waals surface area contributed by atoms with Gasteiger partial charge in [-0.15, -0.1) is 0 Å². The topological polar surface area (TPSA) is 81.8 Å². The van der Waals surface area contributed by atoms with E-state index in [1.165, 1.54) is 89.9 Å². The Kier molecular flexibility index (Phi) is 20.8. The second-order valence-corrected chi connectivity index (χ2v) is 9.03. The molecular weight excluding hydrogens is 361 g/mol. The zero-order valence-corrected chi connectivity index (χ0v) is 18.7. The van der Waals surface area contributed by atoms with Crippen molar-refractivity contribution >= 4 is 7.82 Å². The molecule has 164 valence electrons. The summed E-state index contributed by atoms with van der Waals surface area (Å²) in [7, 11) is -3.87. The van der Waals surface area contributed by atoms with Gasteiger partial charge in [-0.2, -0.15) is 0 Å². The summed E-state index contributed by atoms with van der Waals surface area (Å²) in [6, 6.07) is 0. The van der Waals surface area contributed by atoms with Crippen LogP contribution in [0.4, 0.5) is 0 Å². The smallest absolute Gasteiger partial charge is 0.330 e. The molecule has 0 saturated heterocycles. The van der Waals surface area contributed by atoms with Gasteiger partial charge in [-0.05, 0) is 19.4 Å². The summed E-state index contributed by atoms with van der Waals surface area (Å²) in [4.78, 5) is 9.44. The van der Waals surface area contributed by atoms with Gasteiger partial charge in [0.05, 0.1) is 13.2 Å². The molecule has 0 heterocycles. The van der Waals surface area contributed by atoms with Crippen molar-refractivity contribution in [2.45, 2.75) is 116 Å². The van der Waals surface area contributed by atoms with E-state index in [4.69, 9.17) is 14.8 Å². The lowest BCUT2D eigenvalue weighted by molar-refractivity contribution is 0.146. The second kappa shape index (κ2) is 20.8. The van der Waals surface area contributed by atoms with E-state index in [0.29, 0.717) is 13.0 Å². The van der Waals surface area contributed by atoms with Crippen molar-refractivity contribution in [1.82, 2.24) is 0 Å². The number of nitrogens with two attached hydrogens (primary N) is 1. The molecule has 3 N–H and O–H groups in total. The van der Waals surface area contributed by atoms with Crippen LogP contribution >= 0.6 is 7.82 Å². The van der Waals surface area contributed by atoms with Crippen LogP contribution in [0.2, 0.25) is 0 Å². The molecule has 0 rings (SSSR count). The summed E-state index contributed by atoms with van der Waals surface area (Å²) in [5, 5.41) is 0. The summed E-state index contributed by atoms with van der Waals surface area (Å²) >= 11 is 0. The first-order valence-corrected chi connectivity index (χ1v) is 12.9. The standard InChI is InChI=1S/C21H46NO4P/c1-2-3-4-5-6-7-8-9-10-11-12-13-14-15-16-17-20-25-27(23,24)26-21-18-19-22/h2-22H2,1H3,(H,23,24). The van der Waals surface area contributed by atoms with Gasteiger partial charge in [-0.25, -0.2) is 4.57 Å². The average molecular weight is 408 g/mol. The van der Waals surface area contributed by atoms with Crippen LogP contribution in [0.25, 0.3) is 0 Å². The number of unbranched alkanes of at least 4 members (excludes halogenated alkanes) is 15. The lowest BCUT2D eigenvalue weighted by Crippen LogP contribution is -2.04. The third-order valence-electron chi connectivity index (χ3n) is 4.86. The molecule has 0 amide bonds. The minimum Gasteiger partial charge on any atom is -0.330 e. The van der Waals surface area contributed by atoms with E-state index in [0.717, 1.165) is 12.8 Å². The second-order valence-electron chi connectivity index (χ2n) is 7.58. The van der Waals surface area contributed by atoms with Crippen LogP contribution in [0, 0.1) is 0 Å². The van der Waals surface area contributed by atoms with Gasteiger partial charge in [0, 0.05) is 0 Å². The molecule has 0 fully saturated rings. The third-order valence-corrected chi connectivity index (χ3v) is 5.87. The molecule has 0 aromatic carbocycles. The van der Waals surface area contributed by atoms with Crippen LogP contribution in [0.5, 0.6) is 0 Å². The van der Waals surface area contributed by atoms with Crippen molar-refractivity contribution < 1.29 is 18.5 Å². The Bertz CT molecular complexity index is 342. The van der Waals surface area contributed by atoms with Crippen LogP contribution in [0.15, 0.2) is 0 Å². The zero-order valence-electron chi connectivity index (χ0n) is 17.8. The molecule has 0 aliphatic rings. The van der Waals surface area contributed by atoms with Gasteiger partial charge in [-0.3, -0.25) is 9.05 Å². The normalized spacial score (nSPS) is 13.7. The van der Waals surface area contributed by atoms with Crippen LogP contribution in [-0.4, -0.2) is 24.7 Å². The molecule has 0 radical (unpaired) electrons. The first kappa shape index (κ1) is 27.1. The summed E-state index contributed by atoms with van der Waals surface area (Å²) in [6.07, 6.45) is 21.5. The maximum Gasteiger partial charge on any atom is 0.472 e. The molecule has 0 spiro atoms. The SMILES string of the molecule is CCCCCCCCCCCCCCCCCCOP(=O)(O)OCCCN. The Morgan fingerprint density at radius 2 is 0.963 bits per heavy atom. The molecular formula is C21H46NO4P. The number of hydrogen-bond acceptors (Lipinski definition) is 4. The molecule has 0 aromatic heterocycles. The predicted molar refractivity (Wildman–Crippen MR) is 115 cm³/mol. The molecule has 27 heavy (non-hydrogen) atoms. The number of phosphoric ester groups is 1. The summed E-state index contributed by atoms with van der Waals surface area (Å²) < 4.78 is 21.3. The van der Waals surface area contributed by atoms with Gasteiger partial charge in [0.1, 0.15) is 0 Å². The maximum absolute atomic E-state index is 11.5. The van der Waals surface area contributed by atoms with Crippen LogP contribution in [0.3, 0.4) is 0 Å². The van der Waals surface area contributed by atoms with Gasteiger partial charge < -0.3 is 10.6 Å². The Hall–Kier alpha value is 0.0700. The molecule has 0 bridgehead atoms. The highest BCUT2D eigenvalue weighted by molar-refractivity contribution is 7.47. The Morgan fingerprint density at radius 3 is 1.33 bits per heavy atom.